The van der Waals surface area contributed by atoms with Gasteiger partial charge in [-0.25, -0.2) is 0 Å². The van der Waals surface area contributed by atoms with Crippen molar-refractivity contribution >= 4 is 33.4 Å². The van der Waals surface area contributed by atoms with Crippen LogP contribution in [-0.4, -0.2) is 49.6 Å². The highest BCUT2D eigenvalue weighted by molar-refractivity contribution is 9.10. The molecule has 0 saturated carbocycles. The number of para-hydroxylation sites is 1. The summed E-state index contributed by atoms with van der Waals surface area (Å²) < 4.78 is 11.8. The predicted octanol–water partition coefficient (Wildman–Crippen LogP) is 3.25. The van der Waals surface area contributed by atoms with Crippen molar-refractivity contribution in [2.45, 2.75) is 6.92 Å². The van der Waals surface area contributed by atoms with E-state index in [0.29, 0.717) is 43.3 Å². The van der Waals surface area contributed by atoms with Crippen molar-refractivity contribution in [2.24, 2.45) is 0 Å². The van der Waals surface area contributed by atoms with Gasteiger partial charge < -0.3 is 19.7 Å². The number of anilines is 1. The van der Waals surface area contributed by atoms with Crippen LogP contribution in [0.2, 0.25) is 0 Å². The fourth-order valence-electron chi connectivity index (χ4n) is 2.76. The Balaban J connectivity index is 1.63. The van der Waals surface area contributed by atoms with E-state index in [1.165, 1.54) is 0 Å². The summed E-state index contributed by atoms with van der Waals surface area (Å²) in [5.74, 6) is 0.181. The number of carbonyl (C=O) groups excluding carboxylic acids is 2. The predicted molar refractivity (Wildman–Crippen MR) is 106 cm³/mol. The highest BCUT2D eigenvalue weighted by Crippen LogP contribution is 2.22. The van der Waals surface area contributed by atoms with Crippen molar-refractivity contribution < 1.29 is 19.1 Å². The Hall–Kier alpha value is -2.38. The van der Waals surface area contributed by atoms with E-state index in [1.54, 1.807) is 35.2 Å². The summed E-state index contributed by atoms with van der Waals surface area (Å²) >= 11 is 3.43. The second kappa shape index (κ2) is 9.01. The summed E-state index contributed by atoms with van der Waals surface area (Å²) in [6.45, 7) is 3.97. The van der Waals surface area contributed by atoms with Crippen LogP contribution in [0, 0.1) is 6.92 Å². The van der Waals surface area contributed by atoms with Gasteiger partial charge in [0.05, 0.1) is 24.5 Å². The van der Waals surface area contributed by atoms with Crippen LogP contribution in [0.1, 0.15) is 15.9 Å². The van der Waals surface area contributed by atoms with Crippen molar-refractivity contribution in [1.29, 1.82) is 0 Å². The molecule has 0 radical (unpaired) electrons. The molecule has 2 aromatic rings. The summed E-state index contributed by atoms with van der Waals surface area (Å²) in [6.07, 6.45) is 0. The number of hydrogen-bond acceptors (Lipinski definition) is 4. The normalized spacial score (nSPS) is 13.9. The smallest absolute Gasteiger partial charge is 0.262 e. The summed E-state index contributed by atoms with van der Waals surface area (Å²) in [5, 5.41) is 2.77. The van der Waals surface area contributed by atoms with E-state index in [2.05, 4.69) is 21.2 Å². The fraction of sp³-hybridized carbons (Fsp3) is 0.300. The molecule has 7 heteroatoms. The highest BCUT2D eigenvalue weighted by atomic mass is 79.9. The van der Waals surface area contributed by atoms with Gasteiger partial charge in [-0.3, -0.25) is 9.59 Å². The van der Waals surface area contributed by atoms with Crippen LogP contribution in [0.15, 0.2) is 46.9 Å². The van der Waals surface area contributed by atoms with Crippen LogP contribution in [0.3, 0.4) is 0 Å². The maximum Gasteiger partial charge on any atom is 0.262 e. The Labute approximate surface area is 166 Å². The van der Waals surface area contributed by atoms with Crippen LogP contribution in [0.5, 0.6) is 5.75 Å². The van der Waals surface area contributed by atoms with Crippen LogP contribution in [0.25, 0.3) is 0 Å². The number of hydrogen-bond donors (Lipinski definition) is 1. The summed E-state index contributed by atoms with van der Waals surface area (Å²) in [4.78, 5) is 26.8. The molecule has 142 valence electrons. The molecule has 3 rings (SSSR count). The zero-order valence-corrected chi connectivity index (χ0v) is 16.6. The molecule has 6 nitrogen and oxygen atoms in total. The second-order valence-electron chi connectivity index (χ2n) is 6.20. The first-order chi connectivity index (χ1) is 13.0. The summed E-state index contributed by atoms with van der Waals surface area (Å²) in [6, 6.07) is 12.5. The average Bonchev–Trinajstić information content (AvgIpc) is 2.69. The van der Waals surface area contributed by atoms with Gasteiger partial charge in [0.1, 0.15) is 5.75 Å². The highest BCUT2D eigenvalue weighted by Gasteiger charge is 2.21. The van der Waals surface area contributed by atoms with Crippen molar-refractivity contribution in [3.63, 3.8) is 0 Å². The van der Waals surface area contributed by atoms with Gasteiger partial charge in [0.2, 0.25) is 0 Å². The Morgan fingerprint density at radius 1 is 1.19 bits per heavy atom. The van der Waals surface area contributed by atoms with Gasteiger partial charge in [0, 0.05) is 17.6 Å². The monoisotopic (exact) mass is 432 g/mol. The van der Waals surface area contributed by atoms with Crippen LogP contribution in [0.4, 0.5) is 5.69 Å². The molecule has 0 bridgehead atoms. The zero-order chi connectivity index (χ0) is 19.2. The standard InChI is InChI=1S/C20H21BrN2O4/c1-14-12-15(6-7-17(14)21)27-13-19(24)22-18-5-3-2-4-16(18)20(25)23-8-10-26-11-9-23/h2-7,12H,8-11,13H2,1H3,(H,22,24). The average molecular weight is 433 g/mol. The third kappa shape index (κ3) is 5.08. The molecule has 0 atom stereocenters. The minimum Gasteiger partial charge on any atom is -0.484 e. The van der Waals surface area contributed by atoms with E-state index in [4.69, 9.17) is 9.47 Å². The van der Waals surface area contributed by atoms with Crippen molar-refractivity contribution in [2.75, 3.05) is 38.2 Å². The van der Waals surface area contributed by atoms with Crippen molar-refractivity contribution in [3.8, 4) is 5.75 Å². The third-order valence-corrected chi connectivity index (χ3v) is 5.12. The summed E-state index contributed by atoms with van der Waals surface area (Å²) in [7, 11) is 0. The van der Waals surface area contributed by atoms with Crippen LogP contribution >= 0.6 is 15.9 Å². The number of benzene rings is 2. The first kappa shape index (κ1) is 19.4. The van der Waals surface area contributed by atoms with E-state index in [0.717, 1.165) is 10.0 Å². The van der Waals surface area contributed by atoms with E-state index in [-0.39, 0.29) is 18.4 Å². The lowest BCUT2D eigenvalue weighted by molar-refractivity contribution is -0.118. The largest absolute Gasteiger partial charge is 0.484 e. The van der Waals surface area contributed by atoms with E-state index in [9.17, 15) is 9.59 Å². The number of rotatable bonds is 5. The van der Waals surface area contributed by atoms with Gasteiger partial charge in [-0.05, 0) is 42.8 Å². The maximum atomic E-state index is 12.7. The van der Waals surface area contributed by atoms with Crippen LogP contribution < -0.4 is 10.1 Å². The Morgan fingerprint density at radius 2 is 1.93 bits per heavy atom. The Morgan fingerprint density at radius 3 is 2.67 bits per heavy atom. The molecule has 0 unspecified atom stereocenters. The van der Waals surface area contributed by atoms with Gasteiger partial charge in [0.25, 0.3) is 11.8 Å². The number of nitrogens with one attached hydrogen (secondary N) is 1. The molecule has 0 aliphatic carbocycles. The number of morpholine rings is 1. The Bertz CT molecular complexity index is 834. The van der Waals surface area contributed by atoms with Crippen LogP contribution in [-0.2, 0) is 9.53 Å². The van der Waals surface area contributed by atoms with E-state index >= 15 is 0 Å². The molecule has 2 aromatic carbocycles. The molecule has 1 aliphatic heterocycles. The Kier molecular flexibility index (Phi) is 6.47. The lowest BCUT2D eigenvalue weighted by atomic mass is 10.1. The lowest BCUT2D eigenvalue weighted by Gasteiger charge is -2.27. The zero-order valence-electron chi connectivity index (χ0n) is 15.0. The minimum atomic E-state index is -0.321. The van der Waals surface area contributed by atoms with Gasteiger partial charge in [-0.2, -0.15) is 0 Å². The fourth-order valence-corrected chi connectivity index (χ4v) is 3.00. The van der Waals surface area contributed by atoms with Gasteiger partial charge >= 0.3 is 0 Å². The lowest BCUT2D eigenvalue weighted by Crippen LogP contribution is -2.41. The number of nitrogens with zero attached hydrogens (tertiary/aromatic N) is 1. The SMILES string of the molecule is Cc1cc(OCC(=O)Nc2ccccc2C(=O)N2CCOCC2)ccc1Br. The molecule has 0 aromatic heterocycles. The molecule has 1 heterocycles. The molecule has 1 N–H and O–H groups in total. The minimum absolute atomic E-state index is 0.112. The first-order valence-corrected chi connectivity index (χ1v) is 9.49. The quantitative estimate of drug-likeness (QED) is 0.787. The summed E-state index contributed by atoms with van der Waals surface area (Å²) in [5.41, 5.74) is 1.97. The maximum absolute atomic E-state index is 12.7. The molecule has 27 heavy (non-hydrogen) atoms. The number of ether oxygens (including phenoxy) is 2. The molecule has 2 amide bonds. The number of aryl methyl sites for hydroxylation is 1. The van der Waals surface area contributed by atoms with Crippen molar-refractivity contribution in [3.05, 3.63) is 58.1 Å². The van der Waals surface area contributed by atoms with Crippen molar-refractivity contribution in [1.82, 2.24) is 4.90 Å². The number of carbonyl (C=O) groups is 2. The topological polar surface area (TPSA) is 67.9 Å². The number of halogens is 1. The number of amides is 2. The van der Waals surface area contributed by atoms with Gasteiger partial charge in [0.15, 0.2) is 6.61 Å². The van der Waals surface area contributed by atoms with Gasteiger partial charge in [-0.1, -0.05) is 28.1 Å². The molecule has 0 spiro atoms. The first-order valence-electron chi connectivity index (χ1n) is 8.69. The molecule has 1 saturated heterocycles. The third-order valence-electron chi connectivity index (χ3n) is 4.23. The second-order valence-corrected chi connectivity index (χ2v) is 7.05. The molecular formula is C20H21BrN2O4. The van der Waals surface area contributed by atoms with E-state index in [1.807, 2.05) is 19.1 Å². The molecule has 1 fully saturated rings. The van der Waals surface area contributed by atoms with Gasteiger partial charge in [-0.15, -0.1) is 0 Å². The molecule has 1 aliphatic rings. The molecular weight excluding hydrogens is 412 g/mol. The van der Waals surface area contributed by atoms with E-state index < -0.39 is 0 Å².